The van der Waals surface area contributed by atoms with Crippen molar-refractivity contribution in [3.05, 3.63) is 107 Å². The number of rotatable bonds is 9. The highest BCUT2D eigenvalue weighted by molar-refractivity contribution is 5.79. The van der Waals surface area contributed by atoms with Crippen molar-refractivity contribution in [1.29, 1.82) is 0 Å². The fraction of sp³-hybridized carbons (Fsp3) is 0.214. The van der Waals surface area contributed by atoms with E-state index in [1.54, 1.807) is 0 Å². The van der Waals surface area contributed by atoms with Gasteiger partial charge in [0.1, 0.15) is 5.82 Å². The molecule has 0 spiro atoms. The van der Waals surface area contributed by atoms with E-state index in [0.717, 1.165) is 47.4 Å². The Morgan fingerprint density at radius 2 is 1.72 bits per heavy atom. The summed E-state index contributed by atoms with van der Waals surface area (Å²) in [5.41, 5.74) is 5.58. The highest BCUT2D eigenvalue weighted by Gasteiger charge is 2.10. The zero-order valence-electron chi connectivity index (χ0n) is 18.5. The molecule has 0 fully saturated rings. The number of nitrogens with zero attached hydrogens (tertiary/aromatic N) is 2. The molecule has 4 nitrogen and oxygen atoms in total. The van der Waals surface area contributed by atoms with Crippen molar-refractivity contribution in [3.63, 3.8) is 0 Å². The Labute approximate surface area is 189 Å². The van der Waals surface area contributed by atoms with E-state index in [4.69, 9.17) is 4.98 Å². The van der Waals surface area contributed by atoms with Crippen LogP contribution in [0.3, 0.4) is 0 Å². The minimum Gasteiger partial charge on any atom is -0.356 e. The predicted octanol–water partition coefficient (Wildman–Crippen LogP) is 5.35. The monoisotopic (exact) mass is 423 g/mol. The van der Waals surface area contributed by atoms with Gasteiger partial charge in [-0.2, -0.15) is 0 Å². The topological polar surface area (TPSA) is 46.9 Å². The smallest absolute Gasteiger partial charge is 0.224 e. The van der Waals surface area contributed by atoms with Gasteiger partial charge in [0.15, 0.2) is 0 Å². The molecule has 0 saturated carbocycles. The van der Waals surface area contributed by atoms with E-state index in [-0.39, 0.29) is 5.91 Å². The van der Waals surface area contributed by atoms with Crippen molar-refractivity contribution in [2.75, 3.05) is 6.54 Å². The number of hydrogen-bond donors (Lipinski definition) is 1. The second-order valence-corrected chi connectivity index (χ2v) is 8.00. The van der Waals surface area contributed by atoms with Gasteiger partial charge in [0.05, 0.1) is 17.5 Å². The van der Waals surface area contributed by atoms with E-state index in [9.17, 15) is 4.79 Å². The molecule has 4 rings (SSSR count). The van der Waals surface area contributed by atoms with Gasteiger partial charge in [-0.25, -0.2) is 4.98 Å². The molecule has 32 heavy (non-hydrogen) atoms. The van der Waals surface area contributed by atoms with Gasteiger partial charge in [-0.1, -0.05) is 78.9 Å². The minimum atomic E-state index is 0.0681. The van der Waals surface area contributed by atoms with Crippen LogP contribution in [0.1, 0.15) is 28.9 Å². The van der Waals surface area contributed by atoms with Crippen LogP contribution in [0.25, 0.3) is 17.1 Å². The average Bonchev–Trinajstić information content (AvgIpc) is 3.16. The summed E-state index contributed by atoms with van der Waals surface area (Å²) in [7, 11) is 0. The lowest BCUT2D eigenvalue weighted by Gasteiger charge is -2.09. The number of aryl methyl sites for hydroxylation is 2. The van der Waals surface area contributed by atoms with E-state index < -0.39 is 0 Å². The normalized spacial score (nSPS) is 11.3. The molecule has 4 aromatic rings. The van der Waals surface area contributed by atoms with Crippen molar-refractivity contribution >= 4 is 23.0 Å². The number of carbonyl (C=O) groups excluding carboxylic acids is 1. The van der Waals surface area contributed by atoms with Crippen LogP contribution >= 0.6 is 0 Å². The number of fused-ring (bicyclic) bond motifs is 1. The SMILES string of the molecule is Cc1ccccc1CC(=O)NCCCc1nc2ccccc2n1C/C=C/c1ccccc1. The first-order chi connectivity index (χ1) is 15.7. The number of allylic oxidation sites excluding steroid dienone is 1. The lowest BCUT2D eigenvalue weighted by Crippen LogP contribution is -2.26. The number of hydrogen-bond acceptors (Lipinski definition) is 2. The standard InChI is InChI=1S/C28H29N3O/c1-22-11-5-6-15-24(22)21-28(32)29-19-9-18-27-30-25-16-7-8-17-26(25)31(27)20-10-14-23-12-3-2-4-13-23/h2-8,10-17H,9,18-21H2,1H3,(H,29,32)/b14-10+. The molecule has 0 unspecified atom stereocenters. The second kappa shape index (κ2) is 10.6. The maximum absolute atomic E-state index is 12.3. The van der Waals surface area contributed by atoms with E-state index in [1.165, 1.54) is 5.56 Å². The molecule has 162 valence electrons. The average molecular weight is 424 g/mol. The Kier molecular flexibility index (Phi) is 7.13. The Bertz CT molecular complexity index is 1210. The molecule has 0 atom stereocenters. The fourth-order valence-electron chi connectivity index (χ4n) is 3.90. The lowest BCUT2D eigenvalue weighted by atomic mass is 10.1. The second-order valence-electron chi connectivity index (χ2n) is 8.00. The molecular formula is C28H29N3O. The summed E-state index contributed by atoms with van der Waals surface area (Å²) < 4.78 is 2.27. The molecular weight excluding hydrogens is 394 g/mol. The van der Waals surface area contributed by atoms with E-state index in [0.29, 0.717) is 13.0 Å². The maximum Gasteiger partial charge on any atom is 0.224 e. The number of benzene rings is 3. The molecule has 1 heterocycles. The van der Waals surface area contributed by atoms with Gasteiger partial charge in [-0.15, -0.1) is 0 Å². The summed E-state index contributed by atoms with van der Waals surface area (Å²) in [4.78, 5) is 17.2. The Hall–Kier alpha value is -3.66. The first kappa shape index (κ1) is 21.6. The number of imidazole rings is 1. The molecule has 1 amide bonds. The highest BCUT2D eigenvalue weighted by atomic mass is 16.1. The molecule has 1 aromatic heterocycles. The Morgan fingerprint density at radius 3 is 2.56 bits per heavy atom. The first-order valence-corrected chi connectivity index (χ1v) is 11.2. The molecule has 3 aromatic carbocycles. The van der Waals surface area contributed by atoms with E-state index >= 15 is 0 Å². The summed E-state index contributed by atoms with van der Waals surface area (Å²) in [6.07, 6.45) is 6.42. The minimum absolute atomic E-state index is 0.0681. The fourth-order valence-corrected chi connectivity index (χ4v) is 3.90. The zero-order valence-corrected chi connectivity index (χ0v) is 18.5. The van der Waals surface area contributed by atoms with Crippen LogP contribution in [0.4, 0.5) is 0 Å². The van der Waals surface area contributed by atoms with Gasteiger partial charge >= 0.3 is 0 Å². The molecule has 4 heteroatoms. The van der Waals surface area contributed by atoms with Crippen LogP contribution in [0.5, 0.6) is 0 Å². The van der Waals surface area contributed by atoms with Crippen molar-refractivity contribution in [2.45, 2.75) is 32.7 Å². The molecule has 0 aliphatic carbocycles. The molecule has 1 N–H and O–H groups in total. The van der Waals surface area contributed by atoms with Crippen LogP contribution in [-0.2, 0) is 24.2 Å². The van der Waals surface area contributed by atoms with Gasteiger partial charge in [0.25, 0.3) is 0 Å². The zero-order chi connectivity index (χ0) is 22.2. The molecule has 0 bridgehead atoms. The summed E-state index contributed by atoms with van der Waals surface area (Å²) in [5.74, 6) is 1.12. The van der Waals surface area contributed by atoms with Gasteiger partial charge in [0.2, 0.25) is 5.91 Å². The van der Waals surface area contributed by atoms with Crippen molar-refractivity contribution in [1.82, 2.24) is 14.9 Å². The summed E-state index contributed by atoms with van der Waals surface area (Å²) in [6, 6.07) is 26.6. The van der Waals surface area contributed by atoms with E-state index in [1.807, 2.05) is 55.5 Å². The van der Waals surface area contributed by atoms with Gasteiger partial charge in [0, 0.05) is 19.5 Å². The first-order valence-electron chi connectivity index (χ1n) is 11.2. The van der Waals surface area contributed by atoms with Crippen LogP contribution < -0.4 is 5.32 Å². The summed E-state index contributed by atoms with van der Waals surface area (Å²) >= 11 is 0. The molecule has 0 aliphatic rings. The summed E-state index contributed by atoms with van der Waals surface area (Å²) in [6.45, 7) is 3.46. The van der Waals surface area contributed by atoms with Crippen LogP contribution in [0.2, 0.25) is 0 Å². The maximum atomic E-state index is 12.3. The number of carbonyl (C=O) groups is 1. The molecule has 0 saturated heterocycles. The third kappa shape index (κ3) is 5.52. The lowest BCUT2D eigenvalue weighted by molar-refractivity contribution is -0.120. The van der Waals surface area contributed by atoms with Crippen LogP contribution in [0, 0.1) is 6.92 Å². The third-order valence-electron chi connectivity index (χ3n) is 5.64. The van der Waals surface area contributed by atoms with Gasteiger partial charge in [-0.3, -0.25) is 4.79 Å². The number of aromatic nitrogens is 2. The number of amides is 1. The van der Waals surface area contributed by atoms with Gasteiger partial charge in [-0.05, 0) is 42.2 Å². The van der Waals surface area contributed by atoms with Gasteiger partial charge < -0.3 is 9.88 Å². The largest absolute Gasteiger partial charge is 0.356 e. The van der Waals surface area contributed by atoms with E-state index in [2.05, 4.69) is 52.4 Å². The van der Waals surface area contributed by atoms with Crippen molar-refractivity contribution < 1.29 is 4.79 Å². The Balaban J connectivity index is 1.36. The van der Waals surface area contributed by atoms with Crippen molar-refractivity contribution in [3.8, 4) is 0 Å². The third-order valence-corrected chi connectivity index (χ3v) is 5.64. The van der Waals surface area contributed by atoms with Crippen molar-refractivity contribution in [2.24, 2.45) is 0 Å². The quantitative estimate of drug-likeness (QED) is 0.369. The molecule has 0 radical (unpaired) electrons. The summed E-state index contributed by atoms with van der Waals surface area (Å²) in [5, 5.41) is 3.06. The number of para-hydroxylation sites is 2. The highest BCUT2D eigenvalue weighted by Crippen LogP contribution is 2.17. The Morgan fingerprint density at radius 1 is 0.969 bits per heavy atom. The van der Waals surface area contributed by atoms with Crippen LogP contribution in [0.15, 0.2) is 84.9 Å². The molecule has 0 aliphatic heterocycles. The van der Waals surface area contributed by atoms with Crippen LogP contribution in [-0.4, -0.2) is 22.0 Å². The predicted molar refractivity (Wildman–Crippen MR) is 131 cm³/mol. The number of nitrogens with one attached hydrogen (secondary N) is 1.